The fourth-order valence-electron chi connectivity index (χ4n) is 2.70. The summed E-state index contributed by atoms with van der Waals surface area (Å²) in [6, 6.07) is 10.9. The standard InChI is InChI=1S/C18H22N2O4/c1-19-9-11-20(12-10-19)18(21)17-8-7-14(24-17)13-23-16-6-4-3-5-15(16)22-2/h3-8H,9-13H2,1-2H3/p+1. The molecule has 1 aromatic carbocycles. The number of quaternary nitrogens is 1. The van der Waals surface area contributed by atoms with Crippen LogP contribution in [0.5, 0.6) is 11.5 Å². The third kappa shape index (κ3) is 3.71. The van der Waals surface area contributed by atoms with Crippen LogP contribution in [-0.4, -0.2) is 51.1 Å². The average Bonchev–Trinajstić information content (AvgIpc) is 3.09. The van der Waals surface area contributed by atoms with E-state index < -0.39 is 0 Å². The zero-order valence-electron chi connectivity index (χ0n) is 14.1. The molecule has 2 aromatic rings. The van der Waals surface area contributed by atoms with Gasteiger partial charge in [-0.05, 0) is 24.3 Å². The number of furan rings is 1. The first-order chi connectivity index (χ1) is 11.7. The molecule has 0 radical (unpaired) electrons. The molecule has 0 spiro atoms. The van der Waals surface area contributed by atoms with Gasteiger partial charge in [-0.2, -0.15) is 0 Å². The highest BCUT2D eigenvalue weighted by Crippen LogP contribution is 2.26. The van der Waals surface area contributed by atoms with Crippen molar-refractivity contribution in [1.82, 2.24) is 4.90 Å². The first-order valence-electron chi connectivity index (χ1n) is 8.12. The van der Waals surface area contributed by atoms with Gasteiger partial charge in [0.1, 0.15) is 12.4 Å². The summed E-state index contributed by atoms with van der Waals surface area (Å²) >= 11 is 0. The van der Waals surface area contributed by atoms with Crippen LogP contribution in [0.25, 0.3) is 0 Å². The second kappa shape index (κ2) is 7.40. The van der Waals surface area contributed by atoms with Crippen LogP contribution in [0, 0.1) is 0 Å². The van der Waals surface area contributed by atoms with E-state index in [0.717, 1.165) is 26.2 Å². The number of piperazine rings is 1. The topological polar surface area (TPSA) is 56.4 Å². The lowest BCUT2D eigenvalue weighted by Gasteiger charge is -2.29. The van der Waals surface area contributed by atoms with Crippen LogP contribution in [0.4, 0.5) is 0 Å². The lowest BCUT2D eigenvalue weighted by Crippen LogP contribution is -3.12. The van der Waals surface area contributed by atoms with Gasteiger partial charge in [-0.25, -0.2) is 0 Å². The summed E-state index contributed by atoms with van der Waals surface area (Å²) in [7, 11) is 3.74. The molecule has 1 fully saturated rings. The lowest BCUT2D eigenvalue weighted by atomic mass is 10.3. The van der Waals surface area contributed by atoms with E-state index in [1.807, 2.05) is 29.2 Å². The molecular formula is C18H23N2O4+. The molecule has 0 atom stereocenters. The molecule has 2 heterocycles. The number of carbonyl (C=O) groups is 1. The van der Waals surface area contributed by atoms with Crippen LogP contribution in [-0.2, 0) is 6.61 Å². The minimum absolute atomic E-state index is 0.0500. The molecule has 1 amide bonds. The highest BCUT2D eigenvalue weighted by molar-refractivity contribution is 5.91. The van der Waals surface area contributed by atoms with Crippen molar-refractivity contribution in [3.8, 4) is 11.5 Å². The minimum atomic E-state index is -0.0500. The van der Waals surface area contributed by atoms with E-state index in [2.05, 4.69) is 7.05 Å². The number of amides is 1. The van der Waals surface area contributed by atoms with Gasteiger partial charge < -0.3 is 23.7 Å². The number of nitrogens with one attached hydrogen (secondary N) is 1. The van der Waals surface area contributed by atoms with Crippen LogP contribution in [0.1, 0.15) is 16.3 Å². The molecular weight excluding hydrogens is 308 g/mol. The molecule has 3 rings (SSSR count). The molecule has 0 aliphatic carbocycles. The fraction of sp³-hybridized carbons (Fsp3) is 0.389. The predicted octanol–water partition coefficient (Wildman–Crippen LogP) is 0.838. The molecule has 1 N–H and O–H groups in total. The molecule has 0 bridgehead atoms. The first-order valence-corrected chi connectivity index (χ1v) is 8.12. The Morgan fingerprint density at radius 2 is 1.88 bits per heavy atom. The SMILES string of the molecule is COc1ccccc1OCc1ccc(C(=O)N2CC[NH+](C)CC2)o1. The fourth-order valence-corrected chi connectivity index (χ4v) is 2.70. The molecule has 6 nitrogen and oxygen atoms in total. The highest BCUT2D eigenvalue weighted by atomic mass is 16.5. The third-order valence-corrected chi connectivity index (χ3v) is 4.22. The van der Waals surface area contributed by atoms with Gasteiger partial charge >= 0.3 is 0 Å². The maximum atomic E-state index is 12.5. The van der Waals surface area contributed by atoms with Gasteiger partial charge in [-0.1, -0.05) is 12.1 Å². The lowest BCUT2D eigenvalue weighted by molar-refractivity contribution is -0.883. The molecule has 0 unspecified atom stereocenters. The number of hydrogen-bond acceptors (Lipinski definition) is 4. The quantitative estimate of drug-likeness (QED) is 0.882. The van der Waals surface area contributed by atoms with Gasteiger partial charge in [0.2, 0.25) is 0 Å². The smallest absolute Gasteiger partial charge is 0.289 e. The second-order valence-electron chi connectivity index (χ2n) is 5.95. The van der Waals surface area contributed by atoms with Gasteiger partial charge in [0.15, 0.2) is 17.3 Å². The van der Waals surface area contributed by atoms with Crippen LogP contribution in [0.2, 0.25) is 0 Å². The van der Waals surface area contributed by atoms with Crippen molar-refractivity contribution in [3.05, 3.63) is 47.9 Å². The molecule has 24 heavy (non-hydrogen) atoms. The number of likely N-dealkylation sites (N-methyl/N-ethyl adjacent to an activating group) is 1. The van der Waals surface area contributed by atoms with Crippen molar-refractivity contribution >= 4 is 5.91 Å². The molecule has 1 saturated heterocycles. The van der Waals surface area contributed by atoms with Gasteiger partial charge in [-0.3, -0.25) is 4.79 Å². The minimum Gasteiger partial charge on any atom is -0.493 e. The van der Waals surface area contributed by atoms with Crippen molar-refractivity contribution in [2.75, 3.05) is 40.3 Å². The summed E-state index contributed by atoms with van der Waals surface area (Å²) < 4.78 is 16.6. The first kappa shape index (κ1) is 16.4. The van der Waals surface area contributed by atoms with Crippen LogP contribution in [0.15, 0.2) is 40.8 Å². The zero-order valence-corrected chi connectivity index (χ0v) is 14.1. The Hall–Kier alpha value is -2.47. The summed E-state index contributed by atoms with van der Waals surface area (Å²) in [5, 5.41) is 0. The van der Waals surface area contributed by atoms with Crippen LogP contribution >= 0.6 is 0 Å². The van der Waals surface area contributed by atoms with Gasteiger partial charge in [0.05, 0.1) is 40.3 Å². The largest absolute Gasteiger partial charge is 0.493 e. The molecule has 1 aromatic heterocycles. The number of benzene rings is 1. The molecule has 1 aliphatic heterocycles. The Labute approximate surface area is 141 Å². The van der Waals surface area contributed by atoms with E-state index >= 15 is 0 Å². The van der Waals surface area contributed by atoms with Crippen LogP contribution in [0.3, 0.4) is 0 Å². The summed E-state index contributed by atoms with van der Waals surface area (Å²) in [6.45, 7) is 3.71. The van der Waals surface area contributed by atoms with Crippen molar-refractivity contribution in [3.63, 3.8) is 0 Å². The molecule has 6 heteroatoms. The average molecular weight is 331 g/mol. The number of methoxy groups -OCH3 is 1. The van der Waals surface area contributed by atoms with Gasteiger partial charge in [0.25, 0.3) is 5.91 Å². The van der Waals surface area contributed by atoms with Crippen molar-refractivity contribution in [2.24, 2.45) is 0 Å². The van der Waals surface area contributed by atoms with Gasteiger partial charge in [-0.15, -0.1) is 0 Å². The highest BCUT2D eigenvalue weighted by Gasteiger charge is 2.24. The maximum Gasteiger partial charge on any atom is 0.289 e. The second-order valence-corrected chi connectivity index (χ2v) is 5.95. The molecule has 128 valence electrons. The number of hydrogen-bond donors (Lipinski definition) is 1. The van der Waals surface area contributed by atoms with E-state index in [9.17, 15) is 4.79 Å². The summed E-state index contributed by atoms with van der Waals surface area (Å²) in [6.07, 6.45) is 0. The van der Waals surface area contributed by atoms with E-state index in [1.54, 1.807) is 19.2 Å². The summed E-state index contributed by atoms with van der Waals surface area (Å²) in [5.41, 5.74) is 0. The number of ether oxygens (including phenoxy) is 2. The predicted molar refractivity (Wildman–Crippen MR) is 88.6 cm³/mol. The van der Waals surface area contributed by atoms with E-state index in [-0.39, 0.29) is 12.5 Å². The van der Waals surface area contributed by atoms with E-state index in [4.69, 9.17) is 13.9 Å². The number of para-hydroxylation sites is 2. The summed E-state index contributed by atoms with van der Waals surface area (Å²) in [4.78, 5) is 15.7. The Balaban J connectivity index is 1.60. The number of rotatable bonds is 5. The monoisotopic (exact) mass is 331 g/mol. The third-order valence-electron chi connectivity index (χ3n) is 4.22. The Bertz CT molecular complexity index is 690. The van der Waals surface area contributed by atoms with E-state index in [0.29, 0.717) is 23.0 Å². The Kier molecular flexibility index (Phi) is 5.05. The maximum absolute atomic E-state index is 12.5. The number of nitrogens with zero attached hydrogens (tertiary/aromatic N) is 1. The number of carbonyl (C=O) groups excluding carboxylic acids is 1. The molecule has 1 aliphatic rings. The van der Waals surface area contributed by atoms with Crippen LogP contribution < -0.4 is 14.4 Å². The van der Waals surface area contributed by atoms with Crippen molar-refractivity contribution in [1.29, 1.82) is 0 Å². The van der Waals surface area contributed by atoms with Crippen molar-refractivity contribution < 1.29 is 23.6 Å². The van der Waals surface area contributed by atoms with Gasteiger partial charge in [0, 0.05) is 0 Å². The zero-order chi connectivity index (χ0) is 16.9. The van der Waals surface area contributed by atoms with E-state index in [1.165, 1.54) is 4.90 Å². The summed E-state index contributed by atoms with van der Waals surface area (Å²) in [5.74, 6) is 2.25. The Morgan fingerprint density at radius 1 is 1.17 bits per heavy atom. The normalized spacial score (nSPS) is 15.3. The molecule has 0 saturated carbocycles. The van der Waals surface area contributed by atoms with Crippen molar-refractivity contribution in [2.45, 2.75) is 6.61 Å². The Morgan fingerprint density at radius 3 is 2.58 bits per heavy atom.